The van der Waals surface area contributed by atoms with E-state index < -0.39 is 0 Å². The molecule has 2 heterocycles. The maximum atomic E-state index is 11.4. The van der Waals surface area contributed by atoms with Crippen molar-refractivity contribution in [3.8, 4) is 6.01 Å². The molecule has 2 N–H and O–H groups in total. The molecule has 0 radical (unpaired) electrons. The zero-order valence-corrected chi connectivity index (χ0v) is 11.1. The van der Waals surface area contributed by atoms with Gasteiger partial charge in [0.15, 0.2) is 0 Å². The topological polar surface area (TPSA) is 92.3 Å². The van der Waals surface area contributed by atoms with Crippen LogP contribution in [0.5, 0.6) is 6.01 Å². The summed E-state index contributed by atoms with van der Waals surface area (Å²) in [6, 6.07) is 0.273. The number of nitrogens with one attached hydrogen (secondary N) is 2. The minimum atomic E-state index is -0.0328. The van der Waals surface area contributed by atoms with Crippen molar-refractivity contribution >= 4 is 17.8 Å². The smallest absolute Gasteiger partial charge is 0.323 e. The molecule has 0 unspecified atom stereocenters. The zero-order valence-electron chi connectivity index (χ0n) is 11.1. The summed E-state index contributed by atoms with van der Waals surface area (Å²) in [4.78, 5) is 25.9. The molecule has 0 aromatic carbocycles. The van der Waals surface area contributed by atoms with Crippen LogP contribution < -0.4 is 20.3 Å². The number of hydrogen-bond acceptors (Lipinski definition) is 7. The minimum Gasteiger partial charge on any atom is -0.464 e. The van der Waals surface area contributed by atoms with Crippen LogP contribution in [0.3, 0.4) is 0 Å². The summed E-state index contributed by atoms with van der Waals surface area (Å²) in [6.45, 7) is 6.52. The molecular formula is C11H18N6O2. The van der Waals surface area contributed by atoms with Crippen molar-refractivity contribution in [3.63, 3.8) is 0 Å². The Morgan fingerprint density at radius 3 is 2.89 bits per heavy atom. The third-order valence-electron chi connectivity index (χ3n) is 2.53. The van der Waals surface area contributed by atoms with Gasteiger partial charge >= 0.3 is 6.01 Å². The first-order valence-electron chi connectivity index (χ1n) is 6.37. The molecule has 1 amide bonds. The van der Waals surface area contributed by atoms with Crippen LogP contribution in [0.1, 0.15) is 13.8 Å². The monoisotopic (exact) mass is 266 g/mol. The molecule has 1 aromatic rings. The highest BCUT2D eigenvalue weighted by Crippen LogP contribution is 2.15. The van der Waals surface area contributed by atoms with Crippen molar-refractivity contribution in [3.05, 3.63) is 0 Å². The van der Waals surface area contributed by atoms with E-state index in [9.17, 15) is 4.79 Å². The van der Waals surface area contributed by atoms with Crippen LogP contribution >= 0.6 is 0 Å². The highest BCUT2D eigenvalue weighted by Gasteiger charge is 2.20. The van der Waals surface area contributed by atoms with E-state index in [1.807, 2.05) is 18.7 Å². The van der Waals surface area contributed by atoms with Gasteiger partial charge in [-0.15, -0.1) is 0 Å². The third kappa shape index (κ3) is 3.43. The second-order valence-corrected chi connectivity index (χ2v) is 3.98. The normalized spacial score (nSPS) is 15.1. The van der Waals surface area contributed by atoms with E-state index in [4.69, 9.17) is 4.74 Å². The van der Waals surface area contributed by atoms with E-state index in [0.717, 1.165) is 0 Å². The molecule has 19 heavy (non-hydrogen) atoms. The summed E-state index contributed by atoms with van der Waals surface area (Å²) in [5.41, 5.74) is 0. The van der Waals surface area contributed by atoms with E-state index >= 15 is 0 Å². The van der Waals surface area contributed by atoms with Crippen LogP contribution in [0, 0.1) is 0 Å². The van der Waals surface area contributed by atoms with Crippen LogP contribution in [0.2, 0.25) is 0 Å². The fourth-order valence-corrected chi connectivity index (χ4v) is 1.73. The maximum absolute atomic E-state index is 11.4. The number of piperazine rings is 1. The lowest BCUT2D eigenvalue weighted by Crippen LogP contribution is -2.48. The van der Waals surface area contributed by atoms with Crippen LogP contribution in [-0.2, 0) is 4.79 Å². The number of rotatable bonds is 5. The molecule has 1 aliphatic rings. The van der Waals surface area contributed by atoms with E-state index in [1.54, 1.807) is 0 Å². The van der Waals surface area contributed by atoms with E-state index in [2.05, 4.69) is 25.6 Å². The summed E-state index contributed by atoms with van der Waals surface area (Å²) < 4.78 is 5.32. The average Bonchev–Trinajstić information content (AvgIpc) is 2.39. The Balaban J connectivity index is 2.24. The van der Waals surface area contributed by atoms with Crippen LogP contribution in [0.15, 0.2) is 0 Å². The molecule has 1 saturated heterocycles. The van der Waals surface area contributed by atoms with Gasteiger partial charge in [-0.1, -0.05) is 0 Å². The van der Waals surface area contributed by atoms with Gasteiger partial charge in [-0.05, 0) is 13.8 Å². The van der Waals surface area contributed by atoms with Crippen molar-refractivity contribution < 1.29 is 9.53 Å². The van der Waals surface area contributed by atoms with Gasteiger partial charge in [0.2, 0.25) is 17.8 Å². The van der Waals surface area contributed by atoms with Gasteiger partial charge in [-0.3, -0.25) is 4.79 Å². The first-order chi connectivity index (χ1) is 9.22. The average molecular weight is 266 g/mol. The fourth-order valence-electron chi connectivity index (χ4n) is 1.73. The zero-order chi connectivity index (χ0) is 13.7. The maximum Gasteiger partial charge on any atom is 0.323 e. The number of anilines is 2. The summed E-state index contributed by atoms with van der Waals surface area (Å²) in [5.74, 6) is 0.890. The standard InChI is InChI=1S/C11H18N6O2/c1-3-12-9-14-10(16-11(15-9)19-4-2)17-6-5-13-8(18)7-17/h3-7H2,1-2H3,(H,13,18)(H,12,14,15,16). The molecule has 8 heteroatoms. The van der Waals surface area contributed by atoms with Crippen molar-refractivity contribution in [1.82, 2.24) is 20.3 Å². The Morgan fingerprint density at radius 1 is 1.37 bits per heavy atom. The fraction of sp³-hybridized carbons (Fsp3) is 0.636. The molecule has 0 atom stereocenters. The molecule has 2 rings (SSSR count). The van der Waals surface area contributed by atoms with Gasteiger partial charge in [0.25, 0.3) is 0 Å². The SMILES string of the molecule is CCNc1nc(OCC)nc(N2CCNC(=O)C2)n1. The Morgan fingerprint density at radius 2 is 2.21 bits per heavy atom. The molecule has 8 nitrogen and oxygen atoms in total. The highest BCUT2D eigenvalue weighted by atomic mass is 16.5. The molecule has 104 valence electrons. The summed E-state index contributed by atoms with van der Waals surface area (Å²) >= 11 is 0. The predicted octanol–water partition coefficient (Wildman–Crippen LogP) is -0.362. The Hall–Kier alpha value is -2.12. The van der Waals surface area contributed by atoms with E-state index in [1.165, 1.54) is 0 Å². The largest absolute Gasteiger partial charge is 0.464 e. The summed E-state index contributed by atoms with van der Waals surface area (Å²) in [7, 11) is 0. The molecule has 0 aliphatic carbocycles. The second kappa shape index (κ2) is 6.17. The Kier molecular flexibility index (Phi) is 4.32. The number of nitrogens with zero attached hydrogens (tertiary/aromatic N) is 4. The first-order valence-corrected chi connectivity index (χ1v) is 6.37. The lowest BCUT2D eigenvalue weighted by atomic mass is 10.4. The van der Waals surface area contributed by atoms with E-state index in [0.29, 0.717) is 38.1 Å². The molecule has 0 bridgehead atoms. The van der Waals surface area contributed by atoms with Gasteiger partial charge in [0.05, 0.1) is 13.2 Å². The van der Waals surface area contributed by atoms with Crippen LogP contribution in [0.4, 0.5) is 11.9 Å². The number of hydrogen-bond donors (Lipinski definition) is 2. The van der Waals surface area contributed by atoms with Crippen molar-refractivity contribution in [2.75, 3.05) is 43.0 Å². The lowest BCUT2D eigenvalue weighted by Gasteiger charge is -2.26. The quantitative estimate of drug-likeness (QED) is 0.751. The Bertz CT molecular complexity index is 429. The van der Waals surface area contributed by atoms with Gasteiger partial charge < -0.3 is 20.3 Å². The molecule has 0 spiro atoms. The minimum absolute atomic E-state index is 0.0328. The van der Waals surface area contributed by atoms with Crippen LogP contribution in [0.25, 0.3) is 0 Å². The van der Waals surface area contributed by atoms with Crippen molar-refractivity contribution in [2.45, 2.75) is 13.8 Å². The number of aromatic nitrogens is 3. The van der Waals surface area contributed by atoms with Gasteiger partial charge in [-0.2, -0.15) is 15.0 Å². The number of ether oxygens (including phenoxy) is 1. The number of carbonyl (C=O) groups excluding carboxylic acids is 1. The van der Waals surface area contributed by atoms with Crippen molar-refractivity contribution in [2.24, 2.45) is 0 Å². The van der Waals surface area contributed by atoms with Crippen molar-refractivity contribution in [1.29, 1.82) is 0 Å². The summed E-state index contributed by atoms with van der Waals surface area (Å²) in [5, 5.41) is 5.79. The lowest BCUT2D eigenvalue weighted by molar-refractivity contribution is -0.120. The number of amides is 1. The molecule has 1 aromatic heterocycles. The molecule has 1 fully saturated rings. The summed E-state index contributed by atoms with van der Waals surface area (Å²) in [6.07, 6.45) is 0. The Labute approximate surface area is 111 Å². The van der Waals surface area contributed by atoms with Gasteiger partial charge in [0, 0.05) is 19.6 Å². The molecule has 0 saturated carbocycles. The highest BCUT2D eigenvalue weighted by molar-refractivity contribution is 5.81. The first kappa shape index (κ1) is 13.3. The van der Waals surface area contributed by atoms with Gasteiger partial charge in [0.1, 0.15) is 0 Å². The second-order valence-electron chi connectivity index (χ2n) is 3.98. The third-order valence-corrected chi connectivity index (χ3v) is 2.53. The molecule has 1 aliphatic heterocycles. The van der Waals surface area contributed by atoms with E-state index in [-0.39, 0.29) is 18.5 Å². The molecular weight excluding hydrogens is 248 g/mol. The predicted molar refractivity (Wildman–Crippen MR) is 70.4 cm³/mol. The number of carbonyl (C=O) groups is 1. The van der Waals surface area contributed by atoms with Gasteiger partial charge in [-0.25, -0.2) is 0 Å². The van der Waals surface area contributed by atoms with Crippen LogP contribution in [-0.4, -0.2) is 53.6 Å².